The summed E-state index contributed by atoms with van der Waals surface area (Å²) in [6.07, 6.45) is 1.39. The maximum atomic E-state index is 13.2. The van der Waals surface area contributed by atoms with Gasteiger partial charge in [-0.3, -0.25) is 9.69 Å². The van der Waals surface area contributed by atoms with E-state index in [1.165, 1.54) is 4.90 Å². The van der Waals surface area contributed by atoms with Crippen LogP contribution in [0.5, 0.6) is 0 Å². The Bertz CT molecular complexity index is 757. The van der Waals surface area contributed by atoms with Gasteiger partial charge in [-0.1, -0.05) is 73.5 Å². The Labute approximate surface area is 142 Å². The number of hydrogen-bond acceptors (Lipinski definition) is 2. The summed E-state index contributed by atoms with van der Waals surface area (Å²) in [5.74, 6) is -0.165. The van der Waals surface area contributed by atoms with E-state index >= 15 is 0 Å². The molecule has 124 valence electrons. The van der Waals surface area contributed by atoms with Crippen molar-refractivity contribution in [1.82, 2.24) is 10.2 Å². The third-order valence-corrected chi connectivity index (χ3v) is 4.49. The number of nitrogens with one attached hydrogen (secondary N) is 1. The summed E-state index contributed by atoms with van der Waals surface area (Å²) in [6, 6.07) is 17.1. The molecule has 1 fully saturated rings. The van der Waals surface area contributed by atoms with Crippen LogP contribution in [0.25, 0.3) is 0 Å². The second-order valence-corrected chi connectivity index (χ2v) is 6.33. The summed E-state index contributed by atoms with van der Waals surface area (Å²) in [5, 5.41) is 2.96. The number of hydrogen-bond donors (Lipinski definition) is 1. The largest absolute Gasteiger partial charge is 0.325 e. The maximum Gasteiger partial charge on any atom is 0.325 e. The molecule has 0 bridgehead atoms. The number of carbonyl (C=O) groups excluding carboxylic acids is 2. The molecule has 0 radical (unpaired) electrons. The van der Waals surface area contributed by atoms with Gasteiger partial charge in [-0.2, -0.15) is 0 Å². The minimum Gasteiger partial charge on any atom is -0.319 e. The zero-order valence-corrected chi connectivity index (χ0v) is 14.1. The number of amides is 3. The van der Waals surface area contributed by atoms with Gasteiger partial charge in [-0.25, -0.2) is 4.79 Å². The predicted octanol–water partition coefficient (Wildman–Crippen LogP) is 3.74. The van der Waals surface area contributed by atoms with Crippen LogP contribution in [0.1, 0.15) is 36.5 Å². The highest BCUT2D eigenvalue weighted by Gasteiger charge is 2.51. The molecule has 3 amide bonds. The van der Waals surface area contributed by atoms with Crippen LogP contribution in [0.4, 0.5) is 4.79 Å². The fourth-order valence-electron chi connectivity index (χ4n) is 3.37. The van der Waals surface area contributed by atoms with Gasteiger partial charge in [0.25, 0.3) is 5.91 Å². The van der Waals surface area contributed by atoms with Crippen molar-refractivity contribution in [2.75, 3.05) is 0 Å². The van der Waals surface area contributed by atoms with Crippen molar-refractivity contribution < 1.29 is 9.59 Å². The Morgan fingerprint density at radius 2 is 1.79 bits per heavy atom. The van der Waals surface area contributed by atoms with Crippen LogP contribution in [0.15, 0.2) is 54.6 Å². The molecule has 1 N–H and O–H groups in total. The van der Waals surface area contributed by atoms with Crippen LogP contribution in [-0.4, -0.2) is 16.8 Å². The Morgan fingerprint density at radius 3 is 2.46 bits per heavy atom. The zero-order valence-electron chi connectivity index (χ0n) is 14.1. The van der Waals surface area contributed by atoms with E-state index in [1.807, 2.05) is 68.4 Å². The molecule has 4 nitrogen and oxygen atoms in total. The van der Waals surface area contributed by atoms with Crippen LogP contribution >= 0.6 is 0 Å². The summed E-state index contributed by atoms with van der Waals surface area (Å²) >= 11 is 0. The van der Waals surface area contributed by atoms with Gasteiger partial charge in [-0.15, -0.1) is 0 Å². The number of nitrogens with zero attached hydrogens (tertiary/aromatic N) is 1. The van der Waals surface area contributed by atoms with Gasteiger partial charge in [0.15, 0.2) is 0 Å². The Balaban J connectivity index is 1.94. The molecule has 1 saturated heterocycles. The van der Waals surface area contributed by atoms with Gasteiger partial charge >= 0.3 is 6.03 Å². The quantitative estimate of drug-likeness (QED) is 0.853. The molecular weight excluding hydrogens is 300 g/mol. The van der Waals surface area contributed by atoms with E-state index in [0.717, 1.165) is 23.1 Å². The molecule has 0 unspecified atom stereocenters. The van der Waals surface area contributed by atoms with Gasteiger partial charge in [0, 0.05) is 0 Å². The van der Waals surface area contributed by atoms with Crippen molar-refractivity contribution in [3.05, 3.63) is 71.3 Å². The molecule has 1 aliphatic rings. The Hall–Kier alpha value is -2.62. The highest BCUT2D eigenvalue weighted by atomic mass is 16.2. The van der Waals surface area contributed by atoms with Crippen LogP contribution < -0.4 is 5.32 Å². The SMILES string of the molecule is CCC[C@]1(c2ccccc2)NC(=O)N(Cc2cccc(C)c2)C1=O. The molecule has 1 heterocycles. The average molecular weight is 322 g/mol. The molecule has 2 aromatic rings. The van der Waals surface area contributed by atoms with E-state index < -0.39 is 5.54 Å². The van der Waals surface area contributed by atoms with E-state index in [2.05, 4.69) is 5.32 Å². The summed E-state index contributed by atoms with van der Waals surface area (Å²) < 4.78 is 0. The van der Waals surface area contributed by atoms with E-state index in [1.54, 1.807) is 0 Å². The molecule has 1 atom stereocenters. The van der Waals surface area contributed by atoms with Crippen LogP contribution in [0.2, 0.25) is 0 Å². The number of aryl methyl sites for hydroxylation is 1. The standard InChI is InChI=1S/C20H22N2O2/c1-3-12-20(17-10-5-4-6-11-17)18(23)22(19(24)21-20)14-16-9-7-8-15(2)13-16/h4-11,13H,3,12,14H2,1-2H3,(H,21,24)/t20-/m1/s1. The maximum absolute atomic E-state index is 13.2. The lowest BCUT2D eigenvalue weighted by molar-refractivity contribution is -0.132. The van der Waals surface area contributed by atoms with Gasteiger partial charge < -0.3 is 5.32 Å². The molecular formula is C20H22N2O2. The van der Waals surface area contributed by atoms with Crippen molar-refractivity contribution in [1.29, 1.82) is 0 Å². The molecule has 1 aliphatic heterocycles. The second-order valence-electron chi connectivity index (χ2n) is 6.33. The first-order valence-corrected chi connectivity index (χ1v) is 8.32. The number of rotatable bonds is 5. The zero-order chi connectivity index (χ0) is 17.2. The highest BCUT2D eigenvalue weighted by Crippen LogP contribution is 2.34. The normalized spacial score (nSPS) is 20.3. The van der Waals surface area contributed by atoms with Crippen molar-refractivity contribution in [2.45, 2.75) is 38.8 Å². The van der Waals surface area contributed by atoms with E-state index in [9.17, 15) is 9.59 Å². The number of benzene rings is 2. The second kappa shape index (κ2) is 6.48. The Kier molecular flexibility index (Phi) is 4.38. The molecule has 24 heavy (non-hydrogen) atoms. The fourth-order valence-corrected chi connectivity index (χ4v) is 3.37. The van der Waals surface area contributed by atoms with Crippen molar-refractivity contribution in [2.24, 2.45) is 0 Å². The molecule has 0 saturated carbocycles. The lowest BCUT2D eigenvalue weighted by Gasteiger charge is -2.27. The molecule has 3 rings (SSSR count). The first kappa shape index (κ1) is 16.2. The number of imide groups is 1. The Morgan fingerprint density at radius 1 is 1.04 bits per heavy atom. The van der Waals surface area contributed by atoms with Crippen molar-refractivity contribution in [3.8, 4) is 0 Å². The van der Waals surface area contributed by atoms with E-state index in [4.69, 9.17) is 0 Å². The molecule has 0 aromatic heterocycles. The third-order valence-electron chi connectivity index (χ3n) is 4.49. The first-order valence-electron chi connectivity index (χ1n) is 8.32. The summed E-state index contributed by atoms with van der Waals surface area (Å²) in [7, 11) is 0. The molecule has 4 heteroatoms. The highest BCUT2D eigenvalue weighted by molar-refractivity contribution is 6.07. The first-order chi connectivity index (χ1) is 11.6. The fraction of sp³-hybridized carbons (Fsp3) is 0.300. The van der Waals surface area contributed by atoms with Crippen LogP contribution in [0.3, 0.4) is 0 Å². The van der Waals surface area contributed by atoms with Gasteiger partial charge in [-0.05, 0) is 24.5 Å². The number of carbonyl (C=O) groups is 2. The smallest absolute Gasteiger partial charge is 0.319 e. The van der Waals surface area contributed by atoms with Gasteiger partial charge in [0.2, 0.25) is 0 Å². The molecule has 0 aliphatic carbocycles. The topological polar surface area (TPSA) is 49.4 Å². The summed E-state index contributed by atoms with van der Waals surface area (Å²) in [4.78, 5) is 27.0. The van der Waals surface area contributed by atoms with Gasteiger partial charge in [0.1, 0.15) is 5.54 Å². The molecule has 2 aromatic carbocycles. The number of urea groups is 1. The van der Waals surface area contributed by atoms with E-state index in [0.29, 0.717) is 13.0 Å². The van der Waals surface area contributed by atoms with Crippen molar-refractivity contribution in [3.63, 3.8) is 0 Å². The molecule has 0 spiro atoms. The average Bonchev–Trinajstić information content (AvgIpc) is 2.81. The monoisotopic (exact) mass is 322 g/mol. The lowest BCUT2D eigenvalue weighted by atomic mass is 9.85. The minimum atomic E-state index is -0.948. The van der Waals surface area contributed by atoms with Crippen LogP contribution in [0, 0.1) is 6.92 Å². The summed E-state index contributed by atoms with van der Waals surface area (Å²) in [5.41, 5.74) is 1.97. The van der Waals surface area contributed by atoms with Crippen LogP contribution in [-0.2, 0) is 16.9 Å². The third kappa shape index (κ3) is 2.80. The minimum absolute atomic E-state index is 0.165. The van der Waals surface area contributed by atoms with E-state index in [-0.39, 0.29) is 11.9 Å². The van der Waals surface area contributed by atoms with Gasteiger partial charge in [0.05, 0.1) is 6.54 Å². The van der Waals surface area contributed by atoms with Crippen molar-refractivity contribution >= 4 is 11.9 Å². The summed E-state index contributed by atoms with van der Waals surface area (Å²) in [6.45, 7) is 4.32. The lowest BCUT2D eigenvalue weighted by Crippen LogP contribution is -2.43. The predicted molar refractivity (Wildman–Crippen MR) is 93.3 cm³/mol.